The SMILES string of the molecule is Cl.OC1c2ccccc2CCc2ccncc21. The number of aliphatic hydroxyl groups excluding tert-OH is 1. The number of benzene rings is 1. The highest BCUT2D eigenvalue weighted by Crippen LogP contribution is 2.31. The molecule has 1 aromatic heterocycles. The molecule has 0 fully saturated rings. The molecule has 1 aliphatic carbocycles. The molecule has 3 heteroatoms. The van der Waals surface area contributed by atoms with Crippen molar-refractivity contribution in [3.63, 3.8) is 0 Å². The lowest BCUT2D eigenvalue weighted by molar-refractivity contribution is 0.219. The third kappa shape index (κ3) is 2.06. The standard InChI is InChI=1S/C14H13NO.ClH/c16-14-12-4-2-1-3-10(12)5-6-11-7-8-15-9-13(11)14;/h1-4,7-9,14,16H,5-6H2;1H. The van der Waals surface area contributed by atoms with E-state index in [1.807, 2.05) is 24.3 Å². The highest BCUT2D eigenvalue weighted by Gasteiger charge is 2.20. The maximum Gasteiger partial charge on any atom is 0.106 e. The van der Waals surface area contributed by atoms with E-state index in [4.69, 9.17) is 0 Å². The van der Waals surface area contributed by atoms with Crippen molar-refractivity contribution in [3.05, 3.63) is 65.0 Å². The van der Waals surface area contributed by atoms with E-state index in [9.17, 15) is 5.11 Å². The van der Waals surface area contributed by atoms with Crippen molar-refractivity contribution in [3.8, 4) is 0 Å². The van der Waals surface area contributed by atoms with Gasteiger partial charge in [0.1, 0.15) is 6.10 Å². The van der Waals surface area contributed by atoms with Crippen LogP contribution in [0.1, 0.15) is 28.4 Å². The summed E-state index contributed by atoms with van der Waals surface area (Å²) in [4.78, 5) is 4.10. The van der Waals surface area contributed by atoms with E-state index in [0.717, 1.165) is 24.0 Å². The molecule has 1 atom stereocenters. The topological polar surface area (TPSA) is 33.1 Å². The van der Waals surface area contributed by atoms with E-state index in [1.54, 1.807) is 12.4 Å². The lowest BCUT2D eigenvalue weighted by Crippen LogP contribution is -2.02. The van der Waals surface area contributed by atoms with E-state index in [-0.39, 0.29) is 12.4 Å². The highest BCUT2D eigenvalue weighted by molar-refractivity contribution is 5.85. The van der Waals surface area contributed by atoms with Crippen LogP contribution in [-0.2, 0) is 12.8 Å². The zero-order valence-corrected chi connectivity index (χ0v) is 10.2. The first-order valence-corrected chi connectivity index (χ1v) is 5.55. The Morgan fingerprint density at radius 1 is 1.00 bits per heavy atom. The van der Waals surface area contributed by atoms with Gasteiger partial charge in [0, 0.05) is 18.0 Å². The first-order valence-electron chi connectivity index (χ1n) is 5.55. The third-order valence-corrected chi connectivity index (χ3v) is 3.25. The molecule has 0 saturated heterocycles. The predicted molar refractivity (Wildman–Crippen MR) is 69.4 cm³/mol. The molecular weight excluding hydrogens is 234 g/mol. The summed E-state index contributed by atoms with van der Waals surface area (Å²) in [5, 5.41) is 10.4. The minimum absolute atomic E-state index is 0. The Bertz CT molecular complexity index is 480. The van der Waals surface area contributed by atoms with Crippen LogP contribution in [0.5, 0.6) is 0 Å². The fourth-order valence-electron chi connectivity index (χ4n) is 2.37. The molecule has 1 aliphatic rings. The molecular formula is C14H14ClNO. The largest absolute Gasteiger partial charge is 0.384 e. The van der Waals surface area contributed by atoms with Gasteiger partial charge in [-0.05, 0) is 35.6 Å². The molecule has 1 heterocycles. The third-order valence-electron chi connectivity index (χ3n) is 3.25. The summed E-state index contributed by atoms with van der Waals surface area (Å²) in [5.74, 6) is 0. The molecule has 1 unspecified atom stereocenters. The van der Waals surface area contributed by atoms with Crippen LogP contribution in [-0.4, -0.2) is 10.1 Å². The van der Waals surface area contributed by atoms with Crippen molar-refractivity contribution in [2.45, 2.75) is 18.9 Å². The van der Waals surface area contributed by atoms with Gasteiger partial charge >= 0.3 is 0 Å². The van der Waals surface area contributed by atoms with Crippen LogP contribution in [0.3, 0.4) is 0 Å². The zero-order chi connectivity index (χ0) is 11.0. The lowest BCUT2D eigenvalue weighted by atomic mass is 9.99. The molecule has 2 nitrogen and oxygen atoms in total. The number of nitrogens with zero attached hydrogens (tertiary/aromatic N) is 1. The molecule has 0 aliphatic heterocycles. The van der Waals surface area contributed by atoms with E-state index < -0.39 is 6.10 Å². The predicted octanol–water partition coefficient (Wildman–Crippen LogP) is 2.68. The molecule has 1 aromatic carbocycles. The minimum atomic E-state index is -0.526. The Balaban J connectivity index is 0.00000108. The van der Waals surface area contributed by atoms with Crippen LogP contribution in [0.15, 0.2) is 42.7 Å². The summed E-state index contributed by atoms with van der Waals surface area (Å²) in [7, 11) is 0. The Hall–Kier alpha value is -1.38. The summed E-state index contributed by atoms with van der Waals surface area (Å²) in [5.41, 5.74) is 4.42. The normalized spacial score (nSPS) is 17.4. The zero-order valence-electron chi connectivity index (χ0n) is 9.34. The summed E-state index contributed by atoms with van der Waals surface area (Å²) >= 11 is 0. The summed E-state index contributed by atoms with van der Waals surface area (Å²) < 4.78 is 0. The molecule has 3 rings (SSSR count). The molecule has 1 N–H and O–H groups in total. The molecule has 0 saturated carbocycles. The first-order chi connectivity index (χ1) is 7.86. The number of halogens is 1. The van der Waals surface area contributed by atoms with Crippen molar-refractivity contribution in [1.29, 1.82) is 0 Å². The second-order valence-corrected chi connectivity index (χ2v) is 4.18. The van der Waals surface area contributed by atoms with Gasteiger partial charge in [0.15, 0.2) is 0 Å². The number of fused-ring (bicyclic) bond motifs is 2. The van der Waals surface area contributed by atoms with Gasteiger partial charge in [0.25, 0.3) is 0 Å². The van der Waals surface area contributed by atoms with Gasteiger partial charge in [-0.2, -0.15) is 0 Å². The van der Waals surface area contributed by atoms with Gasteiger partial charge in [-0.1, -0.05) is 24.3 Å². The van der Waals surface area contributed by atoms with Crippen LogP contribution >= 0.6 is 12.4 Å². The summed E-state index contributed by atoms with van der Waals surface area (Å²) in [6.45, 7) is 0. The number of rotatable bonds is 0. The van der Waals surface area contributed by atoms with Crippen LogP contribution in [0.4, 0.5) is 0 Å². The molecule has 0 bridgehead atoms. The smallest absolute Gasteiger partial charge is 0.106 e. The summed E-state index contributed by atoms with van der Waals surface area (Å²) in [6, 6.07) is 10.1. The Labute approximate surface area is 107 Å². The molecule has 88 valence electrons. The van der Waals surface area contributed by atoms with E-state index in [2.05, 4.69) is 11.1 Å². The number of aryl methyl sites for hydroxylation is 2. The van der Waals surface area contributed by atoms with Crippen molar-refractivity contribution in [2.24, 2.45) is 0 Å². The minimum Gasteiger partial charge on any atom is -0.384 e. The number of aromatic nitrogens is 1. The first kappa shape index (κ1) is 12.1. The molecule has 0 radical (unpaired) electrons. The van der Waals surface area contributed by atoms with Crippen LogP contribution in [0.25, 0.3) is 0 Å². The van der Waals surface area contributed by atoms with Gasteiger partial charge in [-0.15, -0.1) is 12.4 Å². The maximum atomic E-state index is 10.4. The van der Waals surface area contributed by atoms with Crippen molar-refractivity contribution >= 4 is 12.4 Å². The van der Waals surface area contributed by atoms with Crippen LogP contribution in [0.2, 0.25) is 0 Å². The average Bonchev–Trinajstić information content (AvgIpc) is 2.49. The monoisotopic (exact) mass is 247 g/mol. The Kier molecular flexibility index (Phi) is 3.46. The number of aliphatic hydroxyl groups is 1. The maximum absolute atomic E-state index is 10.4. The van der Waals surface area contributed by atoms with Crippen molar-refractivity contribution in [2.75, 3.05) is 0 Å². The summed E-state index contributed by atoms with van der Waals surface area (Å²) in [6.07, 6.45) is 5.02. The lowest BCUT2D eigenvalue weighted by Gasteiger charge is -2.13. The molecule has 0 spiro atoms. The van der Waals surface area contributed by atoms with Gasteiger partial charge < -0.3 is 5.11 Å². The van der Waals surface area contributed by atoms with Gasteiger partial charge in [0.05, 0.1) is 0 Å². The quantitative estimate of drug-likeness (QED) is 0.777. The average molecular weight is 248 g/mol. The van der Waals surface area contributed by atoms with Crippen molar-refractivity contribution in [1.82, 2.24) is 4.98 Å². The van der Waals surface area contributed by atoms with Gasteiger partial charge in [-0.25, -0.2) is 0 Å². The van der Waals surface area contributed by atoms with Gasteiger partial charge in [-0.3, -0.25) is 4.98 Å². The second kappa shape index (κ2) is 4.86. The number of hydrogen-bond acceptors (Lipinski definition) is 2. The fourth-order valence-corrected chi connectivity index (χ4v) is 2.37. The Morgan fingerprint density at radius 2 is 1.71 bits per heavy atom. The van der Waals surface area contributed by atoms with E-state index in [1.165, 1.54) is 11.1 Å². The van der Waals surface area contributed by atoms with Crippen LogP contribution < -0.4 is 0 Å². The second-order valence-electron chi connectivity index (χ2n) is 4.18. The number of pyridine rings is 1. The van der Waals surface area contributed by atoms with Crippen LogP contribution in [0, 0.1) is 0 Å². The fraction of sp³-hybridized carbons (Fsp3) is 0.214. The highest BCUT2D eigenvalue weighted by atomic mass is 35.5. The van der Waals surface area contributed by atoms with Gasteiger partial charge in [0.2, 0.25) is 0 Å². The Morgan fingerprint density at radius 3 is 2.53 bits per heavy atom. The van der Waals surface area contributed by atoms with E-state index >= 15 is 0 Å². The van der Waals surface area contributed by atoms with Crippen molar-refractivity contribution < 1.29 is 5.11 Å². The van der Waals surface area contributed by atoms with E-state index in [0.29, 0.717) is 0 Å². The molecule has 2 aromatic rings. The molecule has 0 amide bonds. The molecule has 17 heavy (non-hydrogen) atoms. The number of hydrogen-bond donors (Lipinski definition) is 1.